The largest absolute Gasteiger partial charge is 0.452 e. The number of hydrogen-bond donors (Lipinski definition) is 0. The summed E-state index contributed by atoms with van der Waals surface area (Å²) in [6, 6.07) is 10.1. The van der Waals surface area contributed by atoms with E-state index in [1.54, 1.807) is 16.7 Å². The van der Waals surface area contributed by atoms with Crippen LogP contribution in [0.15, 0.2) is 47.4 Å². The zero-order valence-corrected chi connectivity index (χ0v) is 14.9. The van der Waals surface area contributed by atoms with Gasteiger partial charge in [0.05, 0.1) is 11.3 Å². The molecule has 1 heterocycles. The molecule has 0 bridgehead atoms. The molecule has 1 amide bonds. The monoisotopic (exact) mass is 377 g/mol. The molecule has 3 rings (SSSR count). The minimum Gasteiger partial charge on any atom is -0.452 e. The van der Waals surface area contributed by atoms with Crippen molar-refractivity contribution in [3.63, 3.8) is 0 Å². The Morgan fingerprint density at radius 3 is 2.77 bits per heavy atom. The Bertz CT molecular complexity index is 843. The molecule has 0 unspecified atom stereocenters. The lowest BCUT2D eigenvalue weighted by atomic mass is 10.2. The maximum absolute atomic E-state index is 13.6. The first kappa shape index (κ1) is 18.4. The Kier molecular flexibility index (Phi) is 5.56. The normalized spacial score (nSPS) is 16.6. The van der Waals surface area contributed by atoms with Crippen LogP contribution < -0.4 is 4.90 Å². The number of carbonyl (C=O) groups is 2. The summed E-state index contributed by atoms with van der Waals surface area (Å²) >= 11 is 1.69. The molecule has 1 aliphatic rings. The lowest BCUT2D eigenvalue weighted by Crippen LogP contribution is -2.35. The lowest BCUT2D eigenvalue weighted by molar-refractivity contribution is -0.121. The topological polar surface area (TPSA) is 46.6 Å². The van der Waals surface area contributed by atoms with Gasteiger partial charge in [0.15, 0.2) is 6.61 Å². The number of nitrogens with zero attached hydrogens (tertiary/aromatic N) is 1. The molecule has 0 saturated carbocycles. The van der Waals surface area contributed by atoms with Crippen LogP contribution >= 0.6 is 11.8 Å². The van der Waals surface area contributed by atoms with Gasteiger partial charge in [-0.1, -0.05) is 19.1 Å². The summed E-state index contributed by atoms with van der Waals surface area (Å²) in [5.74, 6) is -3.19. The van der Waals surface area contributed by atoms with E-state index in [2.05, 4.69) is 6.92 Å². The maximum Gasteiger partial charge on any atom is 0.341 e. The number of benzene rings is 2. The molecule has 2 aromatic carbocycles. The van der Waals surface area contributed by atoms with Crippen molar-refractivity contribution in [1.29, 1.82) is 0 Å². The number of rotatable bonds is 3. The molecule has 26 heavy (non-hydrogen) atoms. The van der Waals surface area contributed by atoms with E-state index < -0.39 is 29.8 Å². The number of para-hydroxylation sites is 1. The highest BCUT2D eigenvalue weighted by Crippen LogP contribution is 2.37. The second kappa shape index (κ2) is 7.86. The maximum atomic E-state index is 13.6. The molecule has 1 aliphatic heterocycles. The van der Waals surface area contributed by atoms with Crippen molar-refractivity contribution in [3.8, 4) is 0 Å². The van der Waals surface area contributed by atoms with Crippen LogP contribution in [0.25, 0.3) is 0 Å². The van der Waals surface area contributed by atoms with Crippen molar-refractivity contribution in [2.45, 2.75) is 23.5 Å². The molecular weight excluding hydrogens is 360 g/mol. The smallest absolute Gasteiger partial charge is 0.341 e. The zero-order valence-electron chi connectivity index (χ0n) is 14.1. The predicted octanol–water partition coefficient (Wildman–Crippen LogP) is 4.04. The number of hydrogen-bond acceptors (Lipinski definition) is 4. The van der Waals surface area contributed by atoms with E-state index in [0.29, 0.717) is 17.9 Å². The predicted molar refractivity (Wildman–Crippen MR) is 95.4 cm³/mol. The van der Waals surface area contributed by atoms with E-state index in [0.717, 1.165) is 29.1 Å². The van der Waals surface area contributed by atoms with Gasteiger partial charge in [-0.3, -0.25) is 4.79 Å². The molecule has 0 aromatic heterocycles. The van der Waals surface area contributed by atoms with Gasteiger partial charge >= 0.3 is 5.97 Å². The van der Waals surface area contributed by atoms with Crippen LogP contribution in [0.2, 0.25) is 0 Å². The minimum absolute atomic E-state index is 0.352. The number of fused-ring (bicyclic) bond motifs is 1. The van der Waals surface area contributed by atoms with Crippen molar-refractivity contribution in [3.05, 3.63) is 59.7 Å². The fourth-order valence-electron chi connectivity index (χ4n) is 2.68. The number of thioether (sulfide) groups is 1. The highest BCUT2D eigenvalue weighted by molar-refractivity contribution is 8.00. The molecule has 0 aliphatic carbocycles. The third-order valence-corrected chi connectivity index (χ3v) is 5.26. The van der Waals surface area contributed by atoms with Crippen molar-refractivity contribution in [2.75, 3.05) is 18.1 Å². The van der Waals surface area contributed by atoms with Gasteiger partial charge in [-0.15, -0.1) is 11.8 Å². The summed E-state index contributed by atoms with van der Waals surface area (Å²) in [4.78, 5) is 27.1. The molecular formula is C19H17F2NO3S. The Morgan fingerprint density at radius 2 is 2.00 bits per heavy atom. The molecule has 136 valence electrons. The Morgan fingerprint density at radius 1 is 1.23 bits per heavy atom. The zero-order chi connectivity index (χ0) is 18.7. The molecule has 4 nitrogen and oxygen atoms in total. The molecule has 0 radical (unpaired) electrons. The van der Waals surface area contributed by atoms with Gasteiger partial charge in [-0.05, 0) is 30.7 Å². The van der Waals surface area contributed by atoms with E-state index in [9.17, 15) is 18.4 Å². The summed E-state index contributed by atoms with van der Waals surface area (Å²) < 4.78 is 31.5. The van der Waals surface area contributed by atoms with Gasteiger partial charge in [0.25, 0.3) is 5.91 Å². The van der Waals surface area contributed by atoms with Crippen LogP contribution in [-0.2, 0) is 9.53 Å². The van der Waals surface area contributed by atoms with Gasteiger partial charge in [-0.2, -0.15) is 0 Å². The van der Waals surface area contributed by atoms with Gasteiger partial charge in [0, 0.05) is 22.8 Å². The van der Waals surface area contributed by atoms with E-state index in [1.165, 1.54) is 0 Å². The minimum atomic E-state index is -1.02. The fraction of sp³-hybridized carbons (Fsp3) is 0.263. The summed E-state index contributed by atoms with van der Waals surface area (Å²) in [6.45, 7) is 2.09. The SMILES string of the molecule is C[C@@H]1CCN(C(=O)COC(=O)c2ccc(F)cc2F)c2ccccc2S1. The molecule has 0 N–H and O–H groups in total. The van der Waals surface area contributed by atoms with E-state index in [1.807, 2.05) is 24.3 Å². The van der Waals surface area contributed by atoms with Gasteiger partial charge in [0.2, 0.25) is 0 Å². The average molecular weight is 377 g/mol. The highest BCUT2D eigenvalue weighted by Gasteiger charge is 2.25. The van der Waals surface area contributed by atoms with E-state index in [4.69, 9.17) is 4.74 Å². The van der Waals surface area contributed by atoms with E-state index >= 15 is 0 Å². The van der Waals surface area contributed by atoms with Crippen LogP contribution in [0.3, 0.4) is 0 Å². The van der Waals surface area contributed by atoms with Crippen molar-refractivity contribution >= 4 is 29.3 Å². The highest BCUT2D eigenvalue weighted by atomic mass is 32.2. The van der Waals surface area contributed by atoms with Crippen LogP contribution in [0.4, 0.5) is 14.5 Å². The van der Waals surface area contributed by atoms with Crippen LogP contribution in [-0.4, -0.2) is 30.3 Å². The molecule has 0 fully saturated rings. The van der Waals surface area contributed by atoms with E-state index in [-0.39, 0.29) is 5.91 Å². The van der Waals surface area contributed by atoms with Crippen LogP contribution in [0, 0.1) is 11.6 Å². The lowest BCUT2D eigenvalue weighted by Gasteiger charge is -2.22. The van der Waals surface area contributed by atoms with Gasteiger partial charge < -0.3 is 9.64 Å². The summed E-state index contributed by atoms with van der Waals surface area (Å²) in [6.07, 6.45) is 0.797. The van der Waals surface area contributed by atoms with Crippen LogP contribution in [0.5, 0.6) is 0 Å². The Hall–Kier alpha value is -2.41. The number of amides is 1. The average Bonchev–Trinajstić information content (AvgIpc) is 2.77. The standard InChI is InChI=1S/C19H17F2NO3S/c1-12-8-9-22(16-4-2-3-5-17(16)26-12)18(23)11-25-19(24)14-7-6-13(20)10-15(14)21/h2-7,10,12H,8-9,11H2,1H3/t12-/m1/s1. The Labute approximate surface area is 154 Å². The van der Waals surface area contributed by atoms with Crippen molar-refractivity contribution in [1.82, 2.24) is 0 Å². The number of ether oxygens (including phenoxy) is 1. The number of halogens is 2. The molecule has 0 spiro atoms. The quantitative estimate of drug-likeness (QED) is 0.758. The Balaban J connectivity index is 1.71. The van der Waals surface area contributed by atoms with Gasteiger partial charge in [0.1, 0.15) is 11.6 Å². The number of esters is 1. The second-order valence-electron chi connectivity index (χ2n) is 5.93. The first-order valence-electron chi connectivity index (χ1n) is 8.14. The molecule has 1 atom stereocenters. The first-order chi connectivity index (χ1) is 12.5. The van der Waals surface area contributed by atoms with Crippen molar-refractivity contribution in [2.24, 2.45) is 0 Å². The van der Waals surface area contributed by atoms with Crippen LogP contribution in [0.1, 0.15) is 23.7 Å². The summed E-state index contributed by atoms with van der Waals surface area (Å²) in [5, 5.41) is 0.352. The number of anilines is 1. The van der Waals surface area contributed by atoms with Crippen molar-refractivity contribution < 1.29 is 23.1 Å². The molecule has 7 heteroatoms. The molecule has 0 saturated heterocycles. The fourth-order valence-corrected chi connectivity index (χ4v) is 3.80. The van der Waals surface area contributed by atoms with Gasteiger partial charge in [-0.25, -0.2) is 13.6 Å². The molecule has 2 aromatic rings. The summed E-state index contributed by atoms with van der Waals surface area (Å²) in [7, 11) is 0. The summed E-state index contributed by atoms with van der Waals surface area (Å²) in [5.41, 5.74) is 0.371. The third-order valence-electron chi connectivity index (χ3n) is 4.02. The third kappa shape index (κ3) is 4.04. The first-order valence-corrected chi connectivity index (χ1v) is 9.02. The second-order valence-corrected chi connectivity index (χ2v) is 7.41. The number of carbonyl (C=O) groups excluding carboxylic acids is 2.